The maximum atomic E-state index is 11.4. The van der Waals surface area contributed by atoms with Crippen molar-refractivity contribution < 1.29 is 39.5 Å². The highest BCUT2D eigenvalue weighted by molar-refractivity contribution is 7.97. The summed E-state index contributed by atoms with van der Waals surface area (Å²) < 4.78 is 99.8. The third kappa shape index (κ3) is 4.79. The van der Waals surface area contributed by atoms with Gasteiger partial charge < -0.3 is 0 Å². The van der Waals surface area contributed by atoms with Crippen molar-refractivity contribution in [1.29, 1.82) is 0 Å². The van der Waals surface area contributed by atoms with Gasteiger partial charge in [-0.1, -0.05) is 4.31 Å². The van der Waals surface area contributed by atoms with Gasteiger partial charge in [-0.25, -0.2) is 0 Å². The Bertz CT molecular complexity index is 174. The minimum atomic E-state index is -6.14. The Labute approximate surface area is 75.0 Å². The number of rotatable bonds is 1. The van der Waals surface area contributed by atoms with Gasteiger partial charge in [0.15, 0.2) is 0 Å². The first-order valence-corrected chi connectivity index (χ1v) is 3.31. The van der Waals surface area contributed by atoms with Crippen molar-refractivity contribution in [3.63, 3.8) is 0 Å². The first kappa shape index (κ1) is 13.7. The van der Waals surface area contributed by atoms with Gasteiger partial charge in [0.05, 0.1) is 11.9 Å². The van der Waals surface area contributed by atoms with Gasteiger partial charge in [-0.2, -0.15) is 39.5 Å². The van der Waals surface area contributed by atoms with Crippen LogP contribution in [0, 0.1) is 0 Å². The predicted molar refractivity (Wildman–Crippen MR) is 27.6 cm³/mol. The molecule has 0 aromatic heterocycles. The highest BCUT2D eigenvalue weighted by Crippen LogP contribution is 2.46. The molecule has 0 saturated carbocycles. The van der Waals surface area contributed by atoms with E-state index in [0.717, 1.165) is 0 Å². The lowest BCUT2D eigenvalue weighted by Gasteiger charge is -2.25. The van der Waals surface area contributed by atoms with Gasteiger partial charge in [0.1, 0.15) is 0 Å². The van der Waals surface area contributed by atoms with Gasteiger partial charge >= 0.3 is 18.1 Å². The van der Waals surface area contributed by atoms with Gasteiger partial charge in [0.2, 0.25) is 0 Å². The molecule has 0 heterocycles. The largest absolute Gasteiger partial charge is 0.477 e. The van der Waals surface area contributed by atoms with E-state index in [1.165, 1.54) is 0 Å². The zero-order valence-corrected chi connectivity index (χ0v) is 6.57. The summed E-state index contributed by atoms with van der Waals surface area (Å²) in [5, 5.41) is 0. The van der Waals surface area contributed by atoms with Crippen LogP contribution in [0.25, 0.3) is 0 Å². The van der Waals surface area contributed by atoms with E-state index in [1.54, 1.807) is 0 Å². The van der Waals surface area contributed by atoms with Crippen LogP contribution >= 0.6 is 11.9 Å². The van der Waals surface area contributed by atoms with E-state index in [-0.39, 0.29) is 0 Å². The van der Waals surface area contributed by atoms with Gasteiger partial charge in [-0.05, 0) is 0 Å². The first-order chi connectivity index (χ1) is 5.84. The van der Waals surface area contributed by atoms with Crippen molar-refractivity contribution in [2.24, 2.45) is 0 Å². The van der Waals surface area contributed by atoms with E-state index >= 15 is 0 Å². The van der Waals surface area contributed by atoms with Crippen molar-refractivity contribution in [1.82, 2.24) is 4.31 Å². The van der Waals surface area contributed by atoms with E-state index in [2.05, 4.69) is 0 Å². The lowest BCUT2D eigenvalue weighted by Crippen LogP contribution is -2.44. The zero-order chi connectivity index (χ0) is 11.8. The second-order valence-corrected chi connectivity index (χ2v) is 2.78. The maximum absolute atomic E-state index is 11.4. The molecule has 0 saturated heterocycles. The minimum Gasteiger partial charge on any atom is -0.159 e. The van der Waals surface area contributed by atoms with Gasteiger partial charge in [0, 0.05) is 0 Å². The number of alkyl halides is 9. The molecule has 86 valence electrons. The molecule has 0 fully saturated rings. The summed E-state index contributed by atoms with van der Waals surface area (Å²) >= 11 is -2.30. The van der Waals surface area contributed by atoms with Crippen LogP contribution in [0.3, 0.4) is 0 Å². The van der Waals surface area contributed by atoms with Crippen molar-refractivity contribution in [2.75, 3.05) is 0 Å². The average molecular weight is 253 g/mol. The highest BCUT2D eigenvalue weighted by atomic mass is 32.2. The predicted octanol–water partition coefficient (Wildman–Crippen LogP) is 3.50. The van der Waals surface area contributed by atoms with Crippen LogP contribution in [0.15, 0.2) is 0 Å². The molecular formula is C3F9NS. The number of hydrogen-bond acceptors (Lipinski definition) is 2. The van der Waals surface area contributed by atoms with Crippen LogP contribution in [0.2, 0.25) is 0 Å². The topological polar surface area (TPSA) is 3.24 Å². The standard InChI is InChI=1S/C3F9NS/c4-1(5,6)13(2(7,8)9)14-3(10,11)12. The SMILES string of the molecule is FC(F)(F)SN(C(F)(F)F)C(F)(F)F. The van der Waals surface area contributed by atoms with Gasteiger partial charge in [-0.3, -0.25) is 0 Å². The van der Waals surface area contributed by atoms with Crippen molar-refractivity contribution in [2.45, 2.75) is 18.1 Å². The summed E-state index contributed by atoms with van der Waals surface area (Å²) in [4.78, 5) is 0. The lowest BCUT2D eigenvalue weighted by molar-refractivity contribution is -0.332. The number of halogens is 9. The number of hydrogen-bond donors (Lipinski definition) is 0. The molecule has 0 aliphatic heterocycles. The quantitative estimate of drug-likeness (QED) is 0.399. The van der Waals surface area contributed by atoms with Crippen LogP contribution in [-0.2, 0) is 0 Å². The lowest BCUT2D eigenvalue weighted by atomic mass is 11.0. The van der Waals surface area contributed by atoms with E-state index < -0.39 is 34.4 Å². The Morgan fingerprint density at radius 2 is 0.929 bits per heavy atom. The molecule has 0 rings (SSSR count). The molecule has 0 atom stereocenters. The van der Waals surface area contributed by atoms with Gasteiger partial charge in [0.25, 0.3) is 0 Å². The fourth-order valence-corrected chi connectivity index (χ4v) is 0.765. The molecule has 0 spiro atoms. The van der Waals surface area contributed by atoms with Crippen LogP contribution in [0.5, 0.6) is 0 Å². The second-order valence-electron chi connectivity index (χ2n) is 1.77. The van der Waals surface area contributed by atoms with Gasteiger partial charge in [-0.15, -0.1) is 0 Å². The van der Waals surface area contributed by atoms with Crippen LogP contribution in [0.4, 0.5) is 39.5 Å². The molecule has 0 unspecified atom stereocenters. The molecule has 0 bridgehead atoms. The molecule has 0 amide bonds. The summed E-state index contributed by atoms with van der Waals surface area (Å²) in [6, 6.07) is 0. The smallest absolute Gasteiger partial charge is 0.159 e. The van der Waals surface area contributed by atoms with Crippen molar-refractivity contribution >= 4 is 11.9 Å². The van der Waals surface area contributed by atoms with Crippen molar-refractivity contribution in [3.8, 4) is 0 Å². The van der Waals surface area contributed by atoms with E-state index in [9.17, 15) is 39.5 Å². The first-order valence-electron chi connectivity index (χ1n) is 2.53. The third-order valence-corrected chi connectivity index (χ3v) is 1.46. The summed E-state index contributed by atoms with van der Waals surface area (Å²) in [7, 11) is 0. The fourth-order valence-electron chi connectivity index (χ4n) is 0.351. The summed E-state index contributed by atoms with van der Waals surface area (Å²) in [6.45, 7) is 0. The van der Waals surface area contributed by atoms with Crippen molar-refractivity contribution in [3.05, 3.63) is 0 Å². The zero-order valence-electron chi connectivity index (χ0n) is 5.76. The molecule has 0 aromatic carbocycles. The average Bonchev–Trinajstić information content (AvgIpc) is 1.75. The molecule has 0 N–H and O–H groups in total. The molecule has 1 nitrogen and oxygen atoms in total. The normalized spacial score (nSPS) is 15.0. The molecule has 0 aliphatic rings. The summed E-state index contributed by atoms with van der Waals surface area (Å²) in [5.74, 6) is 0. The highest BCUT2D eigenvalue weighted by Gasteiger charge is 2.59. The maximum Gasteiger partial charge on any atom is 0.477 e. The fraction of sp³-hybridized carbons (Fsp3) is 1.00. The monoisotopic (exact) mass is 253 g/mol. The molecular weight excluding hydrogens is 253 g/mol. The summed E-state index contributed by atoms with van der Waals surface area (Å²) in [5.41, 5.74) is -5.66. The van der Waals surface area contributed by atoms with E-state index in [4.69, 9.17) is 0 Å². The van der Waals surface area contributed by atoms with E-state index in [0.29, 0.717) is 0 Å². The molecule has 11 heteroatoms. The van der Waals surface area contributed by atoms with E-state index in [1.807, 2.05) is 0 Å². The minimum absolute atomic E-state index is 2.30. The summed E-state index contributed by atoms with van der Waals surface area (Å²) in [6.07, 6.45) is -12.3. The molecule has 14 heavy (non-hydrogen) atoms. The molecule has 0 aromatic rings. The third-order valence-electron chi connectivity index (χ3n) is 0.655. The van der Waals surface area contributed by atoms with Crippen LogP contribution < -0.4 is 0 Å². The second kappa shape index (κ2) is 3.68. The Hall–Kier alpha value is -0.320. The molecule has 0 aliphatic carbocycles. The number of nitrogens with zero attached hydrogens (tertiary/aromatic N) is 1. The Kier molecular flexibility index (Phi) is 3.60. The van der Waals surface area contributed by atoms with Crippen LogP contribution in [0.1, 0.15) is 0 Å². The Morgan fingerprint density at radius 1 is 0.643 bits per heavy atom. The van der Waals surface area contributed by atoms with Crippen LogP contribution in [-0.4, -0.2) is 22.4 Å². The Morgan fingerprint density at radius 3 is 1.00 bits per heavy atom. The molecule has 0 radical (unpaired) electrons. The Balaban J connectivity index is 4.78.